The van der Waals surface area contributed by atoms with Gasteiger partial charge in [-0.15, -0.1) is 10.2 Å². The van der Waals surface area contributed by atoms with Crippen molar-refractivity contribution in [2.24, 2.45) is 0 Å². The zero-order chi connectivity index (χ0) is 16.2. The first kappa shape index (κ1) is 14.8. The van der Waals surface area contributed by atoms with Crippen LogP contribution in [0, 0.1) is 6.92 Å². The molecule has 3 aromatic rings. The molecule has 0 aliphatic carbocycles. The van der Waals surface area contributed by atoms with Crippen molar-refractivity contribution in [3.8, 4) is 17.2 Å². The second-order valence-corrected chi connectivity index (χ2v) is 4.89. The van der Waals surface area contributed by atoms with Crippen LogP contribution in [0.3, 0.4) is 0 Å². The average molecular weight is 309 g/mol. The van der Waals surface area contributed by atoms with Crippen LogP contribution in [0.5, 0.6) is 5.75 Å². The monoisotopic (exact) mass is 309 g/mol. The fourth-order valence-corrected chi connectivity index (χ4v) is 2.08. The Hall–Kier alpha value is -3.15. The molecular weight excluding hydrogens is 294 g/mol. The Morgan fingerprint density at radius 2 is 1.91 bits per heavy atom. The van der Waals surface area contributed by atoms with Gasteiger partial charge in [-0.05, 0) is 36.4 Å². The molecule has 1 amide bonds. The van der Waals surface area contributed by atoms with Gasteiger partial charge >= 0.3 is 0 Å². The number of methoxy groups -OCH3 is 1. The lowest BCUT2D eigenvalue weighted by atomic mass is 10.1. The quantitative estimate of drug-likeness (QED) is 0.800. The van der Waals surface area contributed by atoms with E-state index in [0.717, 1.165) is 5.56 Å². The molecule has 1 aromatic heterocycles. The van der Waals surface area contributed by atoms with Gasteiger partial charge in [0.25, 0.3) is 5.91 Å². The highest BCUT2D eigenvalue weighted by Gasteiger charge is 2.09. The molecule has 23 heavy (non-hydrogen) atoms. The Morgan fingerprint density at radius 1 is 1.13 bits per heavy atom. The highest BCUT2D eigenvalue weighted by atomic mass is 16.5. The van der Waals surface area contributed by atoms with Gasteiger partial charge in [-0.2, -0.15) is 0 Å². The van der Waals surface area contributed by atoms with Gasteiger partial charge in [-0.3, -0.25) is 4.79 Å². The van der Waals surface area contributed by atoms with Crippen LogP contribution in [-0.2, 0) is 0 Å². The van der Waals surface area contributed by atoms with Crippen molar-refractivity contribution >= 4 is 11.6 Å². The van der Waals surface area contributed by atoms with E-state index in [2.05, 4.69) is 15.5 Å². The first-order valence-corrected chi connectivity index (χ1v) is 7.01. The summed E-state index contributed by atoms with van der Waals surface area (Å²) in [6, 6.07) is 14.2. The van der Waals surface area contributed by atoms with Crippen molar-refractivity contribution in [1.29, 1.82) is 0 Å². The molecule has 0 unspecified atom stereocenters. The summed E-state index contributed by atoms with van der Waals surface area (Å²) in [4.78, 5) is 12.3. The summed E-state index contributed by atoms with van der Waals surface area (Å²) in [5, 5.41) is 10.6. The van der Waals surface area contributed by atoms with Crippen LogP contribution in [0.25, 0.3) is 11.5 Å². The zero-order valence-corrected chi connectivity index (χ0v) is 12.7. The van der Waals surface area contributed by atoms with Crippen LogP contribution < -0.4 is 10.1 Å². The minimum Gasteiger partial charge on any atom is -0.497 e. The van der Waals surface area contributed by atoms with Crippen molar-refractivity contribution in [1.82, 2.24) is 10.2 Å². The highest BCUT2D eigenvalue weighted by Crippen LogP contribution is 2.20. The second kappa shape index (κ2) is 6.31. The van der Waals surface area contributed by atoms with Crippen molar-refractivity contribution < 1.29 is 13.9 Å². The third-order valence-corrected chi connectivity index (χ3v) is 3.25. The van der Waals surface area contributed by atoms with Gasteiger partial charge in [0.05, 0.1) is 7.11 Å². The summed E-state index contributed by atoms with van der Waals surface area (Å²) in [7, 11) is 1.58. The van der Waals surface area contributed by atoms with E-state index in [4.69, 9.17) is 9.15 Å². The predicted molar refractivity (Wildman–Crippen MR) is 85.4 cm³/mol. The van der Waals surface area contributed by atoms with E-state index in [0.29, 0.717) is 28.8 Å². The number of aromatic nitrogens is 2. The highest BCUT2D eigenvalue weighted by molar-refractivity contribution is 6.04. The number of hydrogen-bond donors (Lipinski definition) is 1. The Morgan fingerprint density at radius 3 is 2.57 bits per heavy atom. The number of amides is 1. The molecule has 6 heteroatoms. The molecule has 3 rings (SSSR count). The molecule has 0 saturated carbocycles. The Bertz CT molecular complexity index is 825. The first-order chi connectivity index (χ1) is 11.2. The summed E-state index contributed by atoms with van der Waals surface area (Å²) in [5.41, 5.74) is 1.97. The van der Waals surface area contributed by atoms with Gasteiger partial charge in [0.1, 0.15) is 5.75 Å². The zero-order valence-electron chi connectivity index (χ0n) is 12.7. The van der Waals surface area contributed by atoms with Crippen LogP contribution in [0.15, 0.2) is 52.9 Å². The molecule has 0 spiro atoms. The van der Waals surface area contributed by atoms with Gasteiger partial charge in [0.15, 0.2) is 0 Å². The van der Waals surface area contributed by atoms with Crippen LogP contribution in [-0.4, -0.2) is 23.2 Å². The van der Waals surface area contributed by atoms with E-state index in [-0.39, 0.29) is 5.91 Å². The first-order valence-electron chi connectivity index (χ1n) is 7.01. The maximum absolute atomic E-state index is 12.3. The van der Waals surface area contributed by atoms with Crippen LogP contribution in [0.1, 0.15) is 16.2 Å². The number of carbonyl (C=O) groups excluding carboxylic acids is 1. The summed E-state index contributed by atoms with van der Waals surface area (Å²) >= 11 is 0. The standard InChI is InChI=1S/C17H15N3O3/c1-11-19-20-17(23-11)13-8-6-12(7-9-13)16(21)18-14-4-3-5-15(10-14)22-2/h3-10H,1-2H3,(H,18,21). The third kappa shape index (κ3) is 3.37. The lowest BCUT2D eigenvalue weighted by molar-refractivity contribution is 0.102. The van der Waals surface area contributed by atoms with Gasteiger partial charge < -0.3 is 14.5 Å². The Kier molecular flexibility index (Phi) is 4.05. The topological polar surface area (TPSA) is 77.2 Å². The molecule has 2 aromatic carbocycles. The molecule has 0 aliphatic rings. The molecule has 0 radical (unpaired) electrons. The molecule has 1 N–H and O–H groups in total. The van der Waals surface area contributed by atoms with Crippen LogP contribution in [0.4, 0.5) is 5.69 Å². The van der Waals surface area contributed by atoms with Crippen molar-refractivity contribution in [3.05, 3.63) is 60.0 Å². The van der Waals surface area contributed by atoms with Crippen molar-refractivity contribution in [3.63, 3.8) is 0 Å². The normalized spacial score (nSPS) is 10.3. The minimum atomic E-state index is -0.202. The van der Waals surface area contributed by atoms with Crippen molar-refractivity contribution in [2.45, 2.75) is 6.92 Å². The van der Waals surface area contributed by atoms with Gasteiger partial charge in [-0.25, -0.2) is 0 Å². The van der Waals surface area contributed by atoms with E-state index >= 15 is 0 Å². The summed E-state index contributed by atoms with van der Waals surface area (Å²) in [5.74, 6) is 1.42. The number of hydrogen-bond acceptors (Lipinski definition) is 5. The van der Waals surface area contributed by atoms with E-state index in [1.54, 1.807) is 50.4 Å². The van der Waals surface area contributed by atoms with Gasteiger partial charge in [0, 0.05) is 29.8 Å². The number of carbonyl (C=O) groups is 1. The van der Waals surface area contributed by atoms with E-state index in [1.807, 2.05) is 12.1 Å². The fourth-order valence-electron chi connectivity index (χ4n) is 2.08. The number of nitrogens with one attached hydrogen (secondary N) is 1. The third-order valence-electron chi connectivity index (χ3n) is 3.25. The van der Waals surface area contributed by atoms with E-state index in [9.17, 15) is 4.79 Å². The molecule has 0 atom stereocenters. The lowest BCUT2D eigenvalue weighted by Crippen LogP contribution is -2.11. The number of rotatable bonds is 4. The van der Waals surface area contributed by atoms with Crippen LogP contribution in [0.2, 0.25) is 0 Å². The Balaban J connectivity index is 1.75. The fraction of sp³-hybridized carbons (Fsp3) is 0.118. The molecule has 6 nitrogen and oxygen atoms in total. The van der Waals surface area contributed by atoms with E-state index in [1.165, 1.54) is 0 Å². The van der Waals surface area contributed by atoms with Gasteiger partial charge in [-0.1, -0.05) is 6.07 Å². The number of nitrogens with zero attached hydrogens (tertiary/aromatic N) is 2. The average Bonchev–Trinajstić information content (AvgIpc) is 3.01. The smallest absolute Gasteiger partial charge is 0.255 e. The summed E-state index contributed by atoms with van der Waals surface area (Å²) < 4.78 is 10.5. The summed E-state index contributed by atoms with van der Waals surface area (Å²) in [6.07, 6.45) is 0. The maximum atomic E-state index is 12.3. The Labute approximate surface area is 133 Å². The minimum absolute atomic E-state index is 0.202. The van der Waals surface area contributed by atoms with Crippen molar-refractivity contribution in [2.75, 3.05) is 12.4 Å². The number of ether oxygens (including phenoxy) is 1. The number of aryl methyl sites for hydroxylation is 1. The SMILES string of the molecule is COc1cccc(NC(=O)c2ccc(-c3nnc(C)o3)cc2)c1. The van der Waals surface area contributed by atoms with Gasteiger partial charge in [0.2, 0.25) is 11.8 Å². The van der Waals surface area contributed by atoms with E-state index < -0.39 is 0 Å². The summed E-state index contributed by atoms with van der Waals surface area (Å²) in [6.45, 7) is 1.73. The molecule has 0 bridgehead atoms. The maximum Gasteiger partial charge on any atom is 0.255 e. The molecule has 0 fully saturated rings. The lowest BCUT2D eigenvalue weighted by Gasteiger charge is -2.07. The molecular formula is C17H15N3O3. The molecule has 116 valence electrons. The second-order valence-electron chi connectivity index (χ2n) is 4.89. The largest absolute Gasteiger partial charge is 0.497 e. The molecule has 0 saturated heterocycles. The predicted octanol–water partition coefficient (Wildman–Crippen LogP) is 3.31. The van der Waals surface area contributed by atoms with Crippen LogP contribution >= 0.6 is 0 Å². The molecule has 1 heterocycles. The molecule has 0 aliphatic heterocycles. The number of benzene rings is 2. The number of anilines is 1.